The van der Waals surface area contributed by atoms with Crippen LogP contribution >= 0.6 is 0 Å². The van der Waals surface area contributed by atoms with Crippen LogP contribution < -0.4 is 5.32 Å². The monoisotopic (exact) mass is 440 g/mol. The van der Waals surface area contributed by atoms with E-state index >= 15 is 0 Å². The van der Waals surface area contributed by atoms with Crippen molar-refractivity contribution in [3.63, 3.8) is 0 Å². The summed E-state index contributed by atoms with van der Waals surface area (Å²) in [6.07, 6.45) is -3.86. The molecule has 1 fully saturated rings. The smallest absolute Gasteiger partial charge is 0.408 e. The van der Waals surface area contributed by atoms with E-state index in [4.69, 9.17) is 0 Å². The zero-order valence-electron chi connectivity index (χ0n) is 15.7. The minimum atomic E-state index is -4.20. The Balaban J connectivity index is 1.74. The number of nitrogens with one attached hydrogen (secondary N) is 1. The lowest BCUT2D eigenvalue weighted by Crippen LogP contribution is -2.54. The zero-order valence-corrected chi connectivity index (χ0v) is 16.5. The number of nitrogens with zero attached hydrogens (tertiary/aromatic N) is 1. The van der Waals surface area contributed by atoms with E-state index in [0.717, 1.165) is 29.2 Å². The maximum atomic E-state index is 13.9. The van der Waals surface area contributed by atoms with Gasteiger partial charge in [0.15, 0.2) is 9.84 Å². The van der Waals surface area contributed by atoms with Gasteiger partial charge in [-0.2, -0.15) is 0 Å². The van der Waals surface area contributed by atoms with E-state index in [1.165, 1.54) is 12.1 Å². The first-order valence-electron chi connectivity index (χ1n) is 9.29. The summed E-state index contributed by atoms with van der Waals surface area (Å²) in [4.78, 5) is 12.4. The summed E-state index contributed by atoms with van der Waals surface area (Å²) in [6, 6.07) is 8.40. The van der Waals surface area contributed by atoms with Crippen LogP contribution in [0.4, 0.5) is 23.7 Å². The molecular formula is C20H19F3N2O4S. The van der Waals surface area contributed by atoms with E-state index in [2.05, 4.69) is 5.32 Å². The van der Waals surface area contributed by atoms with Crippen LogP contribution in [0.1, 0.15) is 30.4 Å². The molecule has 160 valence electrons. The molecular weight excluding hydrogens is 421 g/mol. The molecule has 1 spiro atoms. The fraction of sp³-hybridized carbons (Fsp3) is 0.350. The van der Waals surface area contributed by atoms with Gasteiger partial charge in [0.1, 0.15) is 11.2 Å². The van der Waals surface area contributed by atoms with Crippen molar-refractivity contribution in [3.8, 4) is 0 Å². The van der Waals surface area contributed by atoms with Gasteiger partial charge in [0.2, 0.25) is 0 Å². The number of anilines is 1. The number of fused-ring (bicyclic) bond motifs is 2. The quantitative estimate of drug-likeness (QED) is 0.754. The van der Waals surface area contributed by atoms with Crippen LogP contribution in [-0.2, 0) is 15.3 Å². The van der Waals surface area contributed by atoms with Gasteiger partial charge < -0.3 is 10.4 Å². The fourth-order valence-electron chi connectivity index (χ4n) is 4.36. The Kier molecular flexibility index (Phi) is 4.92. The van der Waals surface area contributed by atoms with Gasteiger partial charge in [-0.3, -0.25) is 4.90 Å². The Bertz CT molecular complexity index is 1090. The molecule has 6 nitrogen and oxygen atoms in total. The largest absolute Gasteiger partial charge is 0.465 e. The number of benzene rings is 2. The van der Waals surface area contributed by atoms with Crippen LogP contribution in [0, 0.1) is 5.82 Å². The molecule has 0 saturated carbocycles. The number of alkyl halides is 2. The average Bonchev–Trinajstić information content (AvgIpc) is 3.05. The molecule has 2 heterocycles. The lowest BCUT2D eigenvalue weighted by molar-refractivity contribution is 0.107. The maximum absolute atomic E-state index is 13.9. The Morgan fingerprint density at radius 2 is 1.90 bits per heavy atom. The highest BCUT2D eigenvalue weighted by Gasteiger charge is 2.50. The minimum absolute atomic E-state index is 0.0496. The molecule has 2 aliphatic heterocycles. The first-order chi connectivity index (χ1) is 14.1. The van der Waals surface area contributed by atoms with Crippen molar-refractivity contribution < 1.29 is 31.5 Å². The van der Waals surface area contributed by atoms with Crippen LogP contribution in [0.25, 0.3) is 0 Å². The number of sulfone groups is 1. The Hall–Kier alpha value is -2.75. The molecule has 0 radical (unpaired) electrons. The summed E-state index contributed by atoms with van der Waals surface area (Å²) >= 11 is 0. The van der Waals surface area contributed by atoms with Crippen molar-refractivity contribution in [2.24, 2.45) is 0 Å². The van der Waals surface area contributed by atoms with Crippen molar-refractivity contribution in [3.05, 3.63) is 59.4 Å². The van der Waals surface area contributed by atoms with Crippen LogP contribution in [0.3, 0.4) is 0 Å². The molecule has 2 aliphatic rings. The first-order valence-corrected chi connectivity index (χ1v) is 10.8. The van der Waals surface area contributed by atoms with Crippen molar-refractivity contribution >= 4 is 21.6 Å². The molecule has 2 aromatic rings. The SMILES string of the molecule is O=C(O)N1CCC2(CNc3ccc(F)cc32)CC1S(=O)(=O)c1ccc(C(F)F)cc1. The summed E-state index contributed by atoms with van der Waals surface area (Å²) < 4.78 is 66.2. The summed E-state index contributed by atoms with van der Waals surface area (Å²) in [5, 5.41) is 11.3. The number of likely N-dealkylation sites (tertiary alicyclic amines) is 1. The van der Waals surface area contributed by atoms with Gasteiger partial charge >= 0.3 is 6.09 Å². The van der Waals surface area contributed by atoms with E-state index in [9.17, 15) is 31.5 Å². The van der Waals surface area contributed by atoms with Gasteiger partial charge in [-0.25, -0.2) is 26.4 Å². The van der Waals surface area contributed by atoms with E-state index in [-0.39, 0.29) is 23.4 Å². The lowest BCUT2D eigenvalue weighted by atomic mass is 9.74. The molecule has 2 atom stereocenters. The molecule has 1 saturated heterocycles. The second-order valence-corrected chi connectivity index (χ2v) is 9.73. The summed E-state index contributed by atoms with van der Waals surface area (Å²) in [7, 11) is -4.20. The number of piperidine rings is 1. The molecule has 0 bridgehead atoms. The van der Waals surface area contributed by atoms with Gasteiger partial charge in [-0.1, -0.05) is 12.1 Å². The van der Waals surface area contributed by atoms with Crippen LogP contribution in [0.2, 0.25) is 0 Å². The van der Waals surface area contributed by atoms with Gasteiger partial charge in [0.25, 0.3) is 6.43 Å². The van der Waals surface area contributed by atoms with Gasteiger partial charge in [0.05, 0.1) is 4.90 Å². The first kappa shape index (κ1) is 20.5. The van der Waals surface area contributed by atoms with E-state index < -0.39 is 39.0 Å². The van der Waals surface area contributed by atoms with Crippen LogP contribution in [0.15, 0.2) is 47.4 Å². The maximum Gasteiger partial charge on any atom is 0.408 e. The Morgan fingerprint density at radius 3 is 2.53 bits per heavy atom. The molecule has 0 aliphatic carbocycles. The zero-order chi connectivity index (χ0) is 21.7. The summed E-state index contributed by atoms with van der Waals surface area (Å²) in [5.74, 6) is -0.459. The third-order valence-corrected chi connectivity index (χ3v) is 8.05. The molecule has 2 N–H and O–H groups in total. The number of halogens is 3. The number of hydrogen-bond donors (Lipinski definition) is 2. The highest BCUT2D eigenvalue weighted by Crippen LogP contribution is 2.47. The molecule has 2 unspecified atom stereocenters. The van der Waals surface area contributed by atoms with E-state index in [0.29, 0.717) is 24.2 Å². The summed E-state index contributed by atoms with van der Waals surface area (Å²) in [5.41, 5.74) is 0.247. The predicted octanol–water partition coefficient (Wildman–Crippen LogP) is 4.00. The minimum Gasteiger partial charge on any atom is -0.465 e. The average molecular weight is 440 g/mol. The van der Waals surface area contributed by atoms with E-state index in [1.807, 2.05) is 0 Å². The highest BCUT2D eigenvalue weighted by molar-refractivity contribution is 7.92. The standard InChI is InChI=1S/C20H19F3N2O4S/c21-13-3-6-16-15(9-13)20(11-24-16)7-8-25(19(26)27)17(10-20)30(28,29)14-4-1-12(2-5-14)18(22)23/h1-6,9,17-18,24H,7-8,10-11H2,(H,26,27). The topological polar surface area (TPSA) is 86.7 Å². The fourth-order valence-corrected chi connectivity index (χ4v) is 6.25. The van der Waals surface area contributed by atoms with Crippen LogP contribution in [-0.4, -0.2) is 43.0 Å². The molecule has 4 rings (SSSR count). The second-order valence-electron chi connectivity index (χ2n) is 7.62. The third kappa shape index (κ3) is 3.28. The Labute approximate surface area is 171 Å². The number of carboxylic acid groups (broad SMARTS) is 1. The third-order valence-electron chi connectivity index (χ3n) is 5.98. The lowest BCUT2D eigenvalue weighted by Gasteiger charge is -2.43. The highest BCUT2D eigenvalue weighted by atomic mass is 32.2. The summed E-state index contributed by atoms with van der Waals surface area (Å²) in [6.45, 7) is 0.307. The second kappa shape index (κ2) is 7.19. The number of carbonyl (C=O) groups is 1. The molecule has 2 aromatic carbocycles. The van der Waals surface area contributed by atoms with Gasteiger partial charge in [0, 0.05) is 29.8 Å². The van der Waals surface area contributed by atoms with Gasteiger partial charge in [-0.05, 0) is 48.7 Å². The normalized spacial score (nSPS) is 23.5. The van der Waals surface area contributed by atoms with Crippen molar-refractivity contribution in [2.45, 2.75) is 35.0 Å². The molecule has 1 amide bonds. The van der Waals surface area contributed by atoms with Crippen LogP contribution in [0.5, 0.6) is 0 Å². The van der Waals surface area contributed by atoms with Crippen molar-refractivity contribution in [1.29, 1.82) is 0 Å². The van der Waals surface area contributed by atoms with Gasteiger partial charge in [-0.15, -0.1) is 0 Å². The number of amides is 1. The number of rotatable bonds is 3. The van der Waals surface area contributed by atoms with E-state index in [1.54, 1.807) is 6.07 Å². The Morgan fingerprint density at radius 1 is 1.20 bits per heavy atom. The number of hydrogen-bond acceptors (Lipinski definition) is 4. The molecule has 30 heavy (non-hydrogen) atoms. The van der Waals surface area contributed by atoms with Crippen molar-refractivity contribution in [1.82, 2.24) is 4.90 Å². The molecule has 10 heteroatoms. The predicted molar refractivity (Wildman–Crippen MR) is 103 cm³/mol. The van der Waals surface area contributed by atoms with Crippen molar-refractivity contribution in [2.75, 3.05) is 18.4 Å². The molecule has 0 aromatic heterocycles.